The molecule has 7 nitrogen and oxygen atoms in total. The van der Waals surface area contributed by atoms with E-state index >= 15 is 0 Å². The fourth-order valence-corrected chi connectivity index (χ4v) is 6.30. The van der Waals surface area contributed by atoms with E-state index in [0.717, 1.165) is 31.2 Å². The molecule has 32 heavy (non-hydrogen) atoms. The average molecular weight is 461 g/mol. The van der Waals surface area contributed by atoms with Gasteiger partial charge in [-0.2, -0.15) is 5.10 Å². The van der Waals surface area contributed by atoms with Crippen molar-refractivity contribution in [1.29, 1.82) is 0 Å². The highest BCUT2D eigenvalue weighted by atomic mass is 32.2. The second-order valence-electron chi connectivity index (χ2n) is 9.18. The Labute approximate surface area is 192 Å². The Morgan fingerprint density at radius 1 is 1.12 bits per heavy atom. The summed E-state index contributed by atoms with van der Waals surface area (Å²) in [6, 6.07) is 7.62. The van der Waals surface area contributed by atoms with Crippen LogP contribution < -0.4 is 4.31 Å². The van der Waals surface area contributed by atoms with Gasteiger partial charge in [0.2, 0.25) is 5.91 Å². The number of amides is 1. The molecule has 1 saturated carbocycles. The number of nitrogens with zero attached hydrogens (tertiary/aromatic N) is 4. The molecule has 0 aliphatic heterocycles. The number of anilines is 1. The first-order chi connectivity index (χ1) is 15.0. The second kappa shape index (κ2) is 9.65. The molecule has 0 radical (unpaired) electrons. The van der Waals surface area contributed by atoms with Gasteiger partial charge in [0.25, 0.3) is 10.0 Å². The molecule has 1 heterocycles. The number of hydrogen-bond acceptors (Lipinski definition) is 4. The average Bonchev–Trinajstić information content (AvgIpc) is 3.03. The maximum atomic E-state index is 13.8. The van der Waals surface area contributed by atoms with E-state index < -0.39 is 10.0 Å². The molecular weight excluding hydrogens is 424 g/mol. The molecule has 1 aliphatic rings. The zero-order valence-corrected chi connectivity index (χ0v) is 20.9. The molecule has 0 N–H and O–H groups in total. The lowest BCUT2D eigenvalue weighted by molar-refractivity contribution is -0.130. The summed E-state index contributed by atoms with van der Waals surface area (Å²) in [4.78, 5) is 15.2. The van der Waals surface area contributed by atoms with Crippen molar-refractivity contribution in [3.05, 3.63) is 41.2 Å². The molecule has 176 valence electrons. The molecule has 1 aromatic heterocycles. The zero-order chi connectivity index (χ0) is 23.6. The zero-order valence-electron chi connectivity index (χ0n) is 20.1. The molecule has 0 spiro atoms. The van der Waals surface area contributed by atoms with Crippen molar-refractivity contribution in [2.24, 2.45) is 7.05 Å². The smallest absolute Gasteiger partial charge is 0.268 e. The van der Waals surface area contributed by atoms with Gasteiger partial charge in [-0.15, -0.1) is 0 Å². The van der Waals surface area contributed by atoms with Crippen molar-refractivity contribution < 1.29 is 13.2 Å². The van der Waals surface area contributed by atoms with Crippen LogP contribution in [0.4, 0.5) is 5.69 Å². The van der Waals surface area contributed by atoms with Crippen molar-refractivity contribution in [3.8, 4) is 0 Å². The first-order valence-electron chi connectivity index (χ1n) is 11.4. The van der Waals surface area contributed by atoms with Crippen molar-refractivity contribution in [2.45, 2.75) is 76.7 Å². The summed E-state index contributed by atoms with van der Waals surface area (Å²) in [6.45, 7) is 7.38. The summed E-state index contributed by atoms with van der Waals surface area (Å²) in [6.07, 6.45) is 5.35. The van der Waals surface area contributed by atoms with Crippen LogP contribution in [0.5, 0.6) is 0 Å². The minimum absolute atomic E-state index is 0.168. The van der Waals surface area contributed by atoms with Crippen LogP contribution in [0.2, 0.25) is 0 Å². The van der Waals surface area contributed by atoms with Crippen molar-refractivity contribution in [1.82, 2.24) is 14.7 Å². The van der Waals surface area contributed by atoms with E-state index in [1.807, 2.05) is 12.1 Å². The number of rotatable bonds is 7. The van der Waals surface area contributed by atoms with E-state index in [4.69, 9.17) is 0 Å². The third kappa shape index (κ3) is 4.85. The largest absolute Gasteiger partial charge is 0.341 e. The number of aromatic nitrogens is 2. The van der Waals surface area contributed by atoms with Gasteiger partial charge in [0.05, 0.1) is 17.1 Å². The molecule has 0 saturated heterocycles. The first kappa shape index (κ1) is 24.3. The van der Waals surface area contributed by atoms with Gasteiger partial charge in [-0.05, 0) is 50.3 Å². The quantitative estimate of drug-likeness (QED) is 0.622. The molecule has 2 aromatic rings. The van der Waals surface area contributed by atoms with Crippen LogP contribution in [0, 0.1) is 13.8 Å². The molecule has 0 bridgehead atoms. The minimum Gasteiger partial charge on any atom is -0.341 e. The lowest BCUT2D eigenvalue weighted by atomic mass is 9.94. The Balaban J connectivity index is 2.00. The lowest BCUT2D eigenvalue weighted by Crippen LogP contribution is -2.46. The summed E-state index contributed by atoms with van der Waals surface area (Å²) in [7, 11) is -0.460. The highest BCUT2D eigenvalue weighted by Gasteiger charge is 2.34. The van der Waals surface area contributed by atoms with Crippen LogP contribution >= 0.6 is 0 Å². The normalized spacial score (nSPS) is 15.2. The van der Waals surface area contributed by atoms with Crippen LogP contribution in [0.1, 0.15) is 68.8 Å². The van der Waals surface area contributed by atoms with Gasteiger partial charge in [0, 0.05) is 20.1 Å². The fourth-order valence-electron chi connectivity index (χ4n) is 4.48. The van der Waals surface area contributed by atoms with Crippen LogP contribution in [0.25, 0.3) is 0 Å². The number of aryl methyl sites for hydroxylation is 2. The molecular formula is C24H36N4O3S. The summed E-state index contributed by atoms with van der Waals surface area (Å²) >= 11 is 0. The Morgan fingerprint density at radius 3 is 2.22 bits per heavy atom. The maximum absolute atomic E-state index is 13.8. The Hall–Kier alpha value is -2.35. The monoisotopic (exact) mass is 460 g/mol. The summed E-state index contributed by atoms with van der Waals surface area (Å²) in [5.74, 6) is 0.142. The van der Waals surface area contributed by atoms with Gasteiger partial charge in [0.15, 0.2) is 0 Å². The Kier molecular flexibility index (Phi) is 7.32. The number of sulfonamides is 1. The molecule has 1 fully saturated rings. The van der Waals surface area contributed by atoms with Gasteiger partial charge in [-0.1, -0.05) is 45.2 Å². The second-order valence-corrected chi connectivity index (χ2v) is 11.0. The van der Waals surface area contributed by atoms with Crippen LogP contribution in [-0.2, 0) is 21.9 Å². The lowest BCUT2D eigenvalue weighted by Gasteiger charge is -2.33. The van der Waals surface area contributed by atoms with E-state index in [9.17, 15) is 13.2 Å². The van der Waals surface area contributed by atoms with Gasteiger partial charge in [0.1, 0.15) is 11.4 Å². The summed E-state index contributed by atoms with van der Waals surface area (Å²) in [5.41, 5.74) is 2.59. The van der Waals surface area contributed by atoms with Gasteiger partial charge >= 0.3 is 0 Å². The Morgan fingerprint density at radius 2 is 1.72 bits per heavy atom. The topological polar surface area (TPSA) is 75.5 Å². The summed E-state index contributed by atoms with van der Waals surface area (Å²) < 4.78 is 30.5. The van der Waals surface area contributed by atoms with Crippen LogP contribution in [-0.4, -0.2) is 48.6 Å². The van der Waals surface area contributed by atoms with Crippen molar-refractivity contribution in [2.75, 3.05) is 17.9 Å². The molecule has 1 aromatic carbocycles. The minimum atomic E-state index is -3.98. The third-order valence-corrected chi connectivity index (χ3v) is 8.66. The number of carbonyl (C=O) groups excluding carboxylic acids is 1. The van der Waals surface area contributed by atoms with E-state index in [0.29, 0.717) is 23.0 Å². The van der Waals surface area contributed by atoms with E-state index in [2.05, 4.69) is 18.9 Å². The molecule has 1 aliphatic carbocycles. The highest BCUT2D eigenvalue weighted by Crippen LogP contribution is 2.30. The highest BCUT2D eigenvalue weighted by molar-refractivity contribution is 7.93. The first-order valence-corrected chi connectivity index (χ1v) is 12.9. The third-order valence-electron chi connectivity index (χ3n) is 6.63. The number of benzene rings is 1. The molecule has 0 unspecified atom stereocenters. The predicted octanol–water partition coefficient (Wildman–Crippen LogP) is 4.15. The maximum Gasteiger partial charge on any atom is 0.268 e. The molecule has 0 atom stereocenters. The Bertz CT molecular complexity index is 1050. The van der Waals surface area contributed by atoms with Gasteiger partial charge in [-0.3, -0.25) is 13.8 Å². The standard InChI is InChI=1S/C24H36N4O3S/c1-17(2)20-12-14-22(15-13-20)28(16-23(29)26(5)21-10-8-7-9-11-21)32(30,31)24-18(3)25-27(6)19(24)4/h12-15,17,21H,7-11,16H2,1-6H3. The number of carbonyl (C=O) groups is 1. The van der Waals surface area contributed by atoms with Gasteiger partial charge < -0.3 is 4.90 Å². The molecule has 1 amide bonds. The van der Waals surface area contributed by atoms with Crippen molar-refractivity contribution >= 4 is 21.6 Å². The SMILES string of the molecule is Cc1nn(C)c(C)c1S(=O)(=O)N(CC(=O)N(C)C1CCCCC1)c1ccc(C(C)C)cc1. The summed E-state index contributed by atoms with van der Waals surface area (Å²) in [5, 5.41) is 4.29. The van der Waals surface area contributed by atoms with E-state index in [1.165, 1.54) is 10.7 Å². The number of likely N-dealkylation sites (N-methyl/N-ethyl adjacent to an activating group) is 1. The predicted molar refractivity (Wildman–Crippen MR) is 127 cm³/mol. The van der Waals surface area contributed by atoms with E-state index in [-0.39, 0.29) is 23.4 Å². The van der Waals surface area contributed by atoms with Crippen molar-refractivity contribution in [3.63, 3.8) is 0 Å². The fraction of sp³-hybridized carbons (Fsp3) is 0.583. The van der Waals surface area contributed by atoms with Crippen LogP contribution in [0.3, 0.4) is 0 Å². The van der Waals surface area contributed by atoms with Crippen LogP contribution in [0.15, 0.2) is 29.2 Å². The molecule has 8 heteroatoms. The molecule has 3 rings (SSSR count). The van der Waals surface area contributed by atoms with E-state index in [1.54, 1.807) is 49.7 Å². The van der Waals surface area contributed by atoms with Gasteiger partial charge in [-0.25, -0.2) is 8.42 Å². The number of hydrogen-bond donors (Lipinski definition) is 0.